The molecule has 1 aliphatic heterocycles. The monoisotopic (exact) mass is 331 g/mol. The van der Waals surface area contributed by atoms with Crippen molar-refractivity contribution in [2.75, 3.05) is 36.0 Å². The topological polar surface area (TPSA) is 19.4 Å². The molecule has 1 saturated heterocycles. The van der Waals surface area contributed by atoms with Gasteiger partial charge in [0.15, 0.2) is 0 Å². The lowest BCUT2D eigenvalue weighted by Gasteiger charge is -2.36. The molecule has 0 aliphatic carbocycles. The standard InChI is InChI=1S/C16H18BrN3/c17-12-14-6-7-16(18-13-14)20-10-8-19(9-11-20)15-4-2-1-3-5-15/h1-7,13H,8-12H2. The van der Waals surface area contributed by atoms with Gasteiger partial charge < -0.3 is 9.80 Å². The fourth-order valence-electron chi connectivity index (χ4n) is 2.52. The number of hydrogen-bond donors (Lipinski definition) is 0. The molecule has 0 atom stereocenters. The van der Waals surface area contributed by atoms with Crippen molar-refractivity contribution in [1.82, 2.24) is 4.98 Å². The first-order chi connectivity index (χ1) is 9.86. The molecule has 2 heterocycles. The maximum atomic E-state index is 4.55. The van der Waals surface area contributed by atoms with Gasteiger partial charge in [-0.3, -0.25) is 0 Å². The molecule has 0 saturated carbocycles. The van der Waals surface area contributed by atoms with E-state index < -0.39 is 0 Å². The number of nitrogens with zero attached hydrogens (tertiary/aromatic N) is 3. The normalized spacial score (nSPS) is 15.4. The largest absolute Gasteiger partial charge is 0.368 e. The van der Waals surface area contributed by atoms with Gasteiger partial charge in [-0.25, -0.2) is 4.98 Å². The zero-order chi connectivity index (χ0) is 13.8. The molecule has 1 aliphatic rings. The summed E-state index contributed by atoms with van der Waals surface area (Å²) < 4.78 is 0. The van der Waals surface area contributed by atoms with Crippen LogP contribution in [-0.4, -0.2) is 31.2 Å². The molecule has 0 bridgehead atoms. The predicted molar refractivity (Wildman–Crippen MR) is 87.7 cm³/mol. The van der Waals surface area contributed by atoms with Gasteiger partial charge in [0.1, 0.15) is 5.82 Å². The first-order valence-corrected chi connectivity index (χ1v) is 8.05. The molecule has 0 amide bonds. The zero-order valence-electron chi connectivity index (χ0n) is 11.4. The average Bonchev–Trinajstić information content (AvgIpc) is 2.56. The molecule has 3 rings (SSSR count). The molecule has 0 unspecified atom stereocenters. The number of anilines is 2. The summed E-state index contributed by atoms with van der Waals surface area (Å²) in [5.74, 6) is 1.09. The maximum Gasteiger partial charge on any atom is 0.128 e. The number of alkyl halides is 1. The average molecular weight is 332 g/mol. The summed E-state index contributed by atoms with van der Waals surface area (Å²) in [6, 6.07) is 14.9. The van der Waals surface area contributed by atoms with Gasteiger partial charge in [0, 0.05) is 43.4 Å². The second-order valence-corrected chi connectivity index (χ2v) is 5.53. The van der Waals surface area contributed by atoms with Gasteiger partial charge in [-0.1, -0.05) is 40.2 Å². The van der Waals surface area contributed by atoms with Crippen LogP contribution < -0.4 is 9.80 Å². The van der Waals surface area contributed by atoms with E-state index in [1.807, 2.05) is 6.20 Å². The van der Waals surface area contributed by atoms with Crippen molar-refractivity contribution in [2.24, 2.45) is 0 Å². The van der Waals surface area contributed by atoms with Gasteiger partial charge >= 0.3 is 0 Å². The molecule has 1 fully saturated rings. The second kappa shape index (κ2) is 6.27. The molecule has 3 nitrogen and oxygen atoms in total. The molecule has 1 aromatic carbocycles. The molecular weight excluding hydrogens is 314 g/mol. The van der Waals surface area contributed by atoms with Gasteiger partial charge in [-0.15, -0.1) is 0 Å². The van der Waals surface area contributed by atoms with Crippen LogP contribution in [0.5, 0.6) is 0 Å². The van der Waals surface area contributed by atoms with Crippen molar-refractivity contribution in [1.29, 1.82) is 0 Å². The van der Waals surface area contributed by atoms with Gasteiger partial charge in [0.05, 0.1) is 0 Å². The third-order valence-corrected chi connectivity index (χ3v) is 4.34. The van der Waals surface area contributed by atoms with Crippen LogP contribution in [-0.2, 0) is 5.33 Å². The second-order valence-electron chi connectivity index (χ2n) is 4.97. The van der Waals surface area contributed by atoms with Crippen LogP contribution >= 0.6 is 15.9 Å². The van der Waals surface area contributed by atoms with Crippen molar-refractivity contribution in [3.8, 4) is 0 Å². The highest BCUT2D eigenvalue weighted by Crippen LogP contribution is 2.19. The molecular formula is C16H18BrN3. The van der Waals surface area contributed by atoms with Crippen LogP contribution in [0.25, 0.3) is 0 Å². The van der Waals surface area contributed by atoms with Gasteiger partial charge in [-0.05, 0) is 23.8 Å². The van der Waals surface area contributed by atoms with Crippen molar-refractivity contribution in [2.45, 2.75) is 5.33 Å². The van der Waals surface area contributed by atoms with E-state index in [9.17, 15) is 0 Å². The van der Waals surface area contributed by atoms with E-state index >= 15 is 0 Å². The zero-order valence-corrected chi connectivity index (χ0v) is 13.0. The van der Waals surface area contributed by atoms with Crippen molar-refractivity contribution < 1.29 is 0 Å². The molecule has 0 spiro atoms. The number of piperazine rings is 1. The molecule has 2 aromatic rings. The third-order valence-electron chi connectivity index (χ3n) is 3.69. The van der Waals surface area contributed by atoms with Crippen LogP contribution in [0, 0.1) is 0 Å². The summed E-state index contributed by atoms with van der Waals surface area (Å²) >= 11 is 3.45. The number of halogens is 1. The van der Waals surface area contributed by atoms with E-state index in [-0.39, 0.29) is 0 Å². The molecule has 0 radical (unpaired) electrons. The Labute approximate surface area is 128 Å². The summed E-state index contributed by atoms with van der Waals surface area (Å²) in [7, 11) is 0. The summed E-state index contributed by atoms with van der Waals surface area (Å²) in [6.45, 7) is 4.14. The van der Waals surface area contributed by atoms with Crippen molar-refractivity contribution in [3.63, 3.8) is 0 Å². The fourth-order valence-corrected chi connectivity index (χ4v) is 2.85. The number of para-hydroxylation sites is 1. The Balaban J connectivity index is 1.63. The minimum Gasteiger partial charge on any atom is -0.368 e. The number of pyridine rings is 1. The predicted octanol–water partition coefficient (Wildman–Crippen LogP) is 3.30. The molecule has 104 valence electrons. The van der Waals surface area contributed by atoms with Crippen LogP contribution in [0.1, 0.15) is 5.56 Å². The van der Waals surface area contributed by atoms with Crippen molar-refractivity contribution >= 4 is 27.4 Å². The fraction of sp³-hybridized carbons (Fsp3) is 0.312. The maximum absolute atomic E-state index is 4.55. The van der Waals surface area contributed by atoms with E-state index in [0.717, 1.165) is 37.3 Å². The molecule has 1 aromatic heterocycles. The van der Waals surface area contributed by atoms with Crippen LogP contribution in [0.2, 0.25) is 0 Å². The van der Waals surface area contributed by atoms with E-state index in [2.05, 4.69) is 73.2 Å². The molecule has 20 heavy (non-hydrogen) atoms. The third kappa shape index (κ3) is 2.96. The lowest BCUT2D eigenvalue weighted by molar-refractivity contribution is 0.647. The number of benzene rings is 1. The Hall–Kier alpha value is -1.55. The lowest BCUT2D eigenvalue weighted by atomic mass is 10.2. The van der Waals surface area contributed by atoms with Gasteiger partial charge in [-0.2, -0.15) is 0 Å². The summed E-state index contributed by atoms with van der Waals surface area (Å²) in [5.41, 5.74) is 2.53. The summed E-state index contributed by atoms with van der Waals surface area (Å²) in [6.07, 6.45) is 1.95. The number of aromatic nitrogens is 1. The first kappa shape index (κ1) is 13.4. The molecule has 0 N–H and O–H groups in total. The Morgan fingerprint density at radius 2 is 1.60 bits per heavy atom. The SMILES string of the molecule is BrCc1ccc(N2CCN(c3ccccc3)CC2)nc1. The van der Waals surface area contributed by atoms with Gasteiger partial charge in [0.2, 0.25) is 0 Å². The minimum atomic E-state index is 0.863. The Morgan fingerprint density at radius 3 is 2.20 bits per heavy atom. The lowest BCUT2D eigenvalue weighted by Crippen LogP contribution is -2.46. The Kier molecular flexibility index (Phi) is 4.21. The van der Waals surface area contributed by atoms with Gasteiger partial charge in [0.25, 0.3) is 0 Å². The molecule has 4 heteroatoms. The van der Waals surface area contributed by atoms with E-state index in [1.54, 1.807) is 0 Å². The van der Waals surface area contributed by atoms with Crippen LogP contribution in [0.3, 0.4) is 0 Å². The quantitative estimate of drug-likeness (QED) is 0.804. The Morgan fingerprint density at radius 1 is 0.900 bits per heavy atom. The first-order valence-electron chi connectivity index (χ1n) is 6.92. The summed E-state index contributed by atoms with van der Waals surface area (Å²) in [5, 5.41) is 0.863. The van der Waals surface area contributed by atoms with E-state index in [1.165, 1.54) is 11.3 Å². The minimum absolute atomic E-state index is 0.863. The highest BCUT2D eigenvalue weighted by atomic mass is 79.9. The van der Waals surface area contributed by atoms with Crippen LogP contribution in [0.4, 0.5) is 11.5 Å². The van der Waals surface area contributed by atoms with E-state index in [0.29, 0.717) is 0 Å². The van der Waals surface area contributed by atoms with Crippen molar-refractivity contribution in [3.05, 3.63) is 54.2 Å². The van der Waals surface area contributed by atoms with Crippen LogP contribution in [0.15, 0.2) is 48.7 Å². The number of rotatable bonds is 3. The highest BCUT2D eigenvalue weighted by Gasteiger charge is 2.17. The van der Waals surface area contributed by atoms with E-state index in [4.69, 9.17) is 0 Å². The Bertz CT molecular complexity index is 533. The highest BCUT2D eigenvalue weighted by molar-refractivity contribution is 9.08. The number of hydrogen-bond acceptors (Lipinski definition) is 3. The summed E-state index contributed by atoms with van der Waals surface area (Å²) in [4.78, 5) is 9.34. The smallest absolute Gasteiger partial charge is 0.128 e.